The van der Waals surface area contributed by atoms with Crippen molar-refractivity contribution in [1.82, 2.24) is 0 Å². The summed E-state index contributed by atoms with van der Waals surface area (Å²) in [6, 6.07) is 9.28. The molecule has 3 fully saturated rings. The highest BCUT2D eigenvalue weighted by Crippen LogP contribution is 2.66. The van der Waals surface area contributed by atoms with Crippen molar-refractivity contribution in [2.24, 2.45) is 46.3 Å². The molecular formula is C36H50O5. The molecule has 0 heterocycles. The molecule has 224 valence electrons. The molecule has 0 aromatic heterocycles. The largest absolute Gasteiger partial charge is 0.462 e. The standard InChI is InChI=1S/C36H50O5/c1-22(2)32(41-34(39)25-10-8-7-9-11-25)15-12-23(3)28-13-14-29-33-30(17-19-36(28,29)6)35(5)18-16-27(40-24(4)37)20-26(35)21-31(33)38/h7-11,21-23,27-30,32-33H,12-20H2,1-6H3/t23-,27+,28-,29+,30+,32-,33+,35+,36-/m1/s1. The number of carbonyl (C=O) groups is 3. The third-order valence-corrected chi connectivity index (χ3v) is 11.9. The molecule has 4 aliphatic carbocycles. The Morgan fingerprint density at radius 2 is 1.68 bits per heavy atom. The fourth-order valence-electron chi connectivity index (χ4n) is 9.62. The van der Waals surface area contributed by atoms with Crippen LogP contribution in [0.5, 0.6) is 0 Å². The lowest BCUT2D eigenvalue weighted by atomic mass is 9.46. The molecule has 1 aromatic rings. The zero-order valence-corrected chi connectivity index (χ0v) is 26.0. The van der Waals surface area contributed by atoms with Gasteiger partial charge in [0.05, 0.1) is 5.56 Å². The fraction of sp³-hybridized carbons (Fsp3) is 0.694. The Hall–Kier alpha value is -2.43. The highest BCUT2D eigenvalue weighted by molar-refractivity contribution is 5.94. The molecule has 5 nitrogen and oxygen atoms in total. The monoisotopic (exact) mass is 562 g/mol. The summed E-state index contributed by atoms with van der Waals surface area (Å²) < 4.78 is 11.6. The molecule has 4 aliphatic rings. The van der Waals surface area contributed by atoms with E-state index in [0.29, 0.717) is 41.4 Å². The van der Waals surface area contributed by atoms with Crippen LogP contribution in [0.2, 0.25) is 0 Å². The van der Waals surface area contributed by atoms with Gasteiger partial charge in [-0.3, -0.25) is 9.59 Å². The van der Waals surface area contributed by atoms with Crippen LogP contribution in [-0.4, -0.2) is 29.9 Å². The van der Waals surface area contributed by atoms with E-state index in [4.69, 9.17) is 9.47 Å². The fourth-order valence-corrected chi connectivity index (χ4v) is 9.62. The minimum atomic E-state index is -0.234. The summed E-state index contributed by atoms with van der Waals surface area (Å²) in [5.41, 5.74) is 2.03. The van der Waals surface area contributed by atoms with Crippen LogP contribution in [0.3, 0.4) is 0 Å². The number of esters is 2. The number of allylic oxidation sites excluding steroid dienone is 1. The highest BCUT2D eigenvalue weighted by Gasteiger charge is 2.61. The van der Waals surface area contributed by atoms with Gasteiger partial charge in [0.15, 0.2) is 5.78 Å². The zero-order valence-electron chi connectivity index (χ0n) is 26.0. The molecule has 0 saturated heterocycles. The second-order valence-electron chi connectivity index (χ2n) is 14.5. The lowest BCUT2D eigenvalue weighted by Gasteiger charge is -2.57. The summed E-state index contributed by atoms with van der Waals surface area (Å²) in [7, 11) is 0. The number of fused-ring (bicyclic) bond motifs is 5. The van der Waals surface area contributed by atoms with Crippen molar-refractivity contribution in [2.45, 2.75) is 112 Å². The van der Waals surface area contributed by atoms with Crippen LogP contribution in [0, 0.1) is 46.3 Å². The van der Waals surface area contributed by atoms with Crippen LogP contribution < -0.4 is 0 Å². The molecular weight excluding hydrogens is 512 g/mol. The van der Waals surface area contributed by atoms with Gasteiger partial charge < -0.3 is 9.47 Å². The van der Waals surface area contributed by atoms with Crippen molar-refractivity contribution in [1.29, 1.82) is 0 Å². The average molecular weight is 563 g/mol. The molecule has 0 amide bonds. The van der Waals surface area contributed by atoms with Gasteiger partial charge in [-0.1, -0.05) is 58.4 Å². The van der Waals surface area contributed by atoms with E-state index in [-0.39, 0.29) is 46.8 Å². The first-order valence-corrected chi connectivity index (χ1v) is 16.1. The summed E-state index contributed by atoms with van der Waals surface area (Å²) in [6.45, 7) is 13.0. The van der Waals surface area contributed by atoms with Crippen molar-refractivity contribution >= 4 is 17.7 Å². The zero-order chi connectivity index (χ0) is 29.5. The summed E-state index contributed by atoms with van der Waals surface area (Å²) in [5.74, 6) is 2.14. The van der Waals surface area contributed by atoms with E-state index in [0.717, 1.165) is 38.5 Å². The maximum Gasteiger partial charge on any atom is 0.338 e. The SMILES string of the molecule is CC(=O)O[C@H]1CC[C@@]2(C)C(=CC(=O)[C@H]3[C@@H]4CC[C@H]([C@H](C)CC[C@@H](OC(=O)c5ccccc5)C(C)C)[C@@]4(C)CC[C@@H]32)C1. The van der Waals surface area contributed by atoms with Gasteiger partial charge in [-0.25, -0.2) is 4.79 Å². The molecule has 0 aliphatic heterocycles. The maximum atomic E-state index is 13.8. The quantitative estimate of drug-likeness (QED) is 0.301. The van der Waals surface area contributed by atoms with Crippen molar-refractivity contribution in [3.05, 3.63) is 47.5 Å². The Morgan fingerprint density at radius 3 is 2.37 bits per heavy atom. The number of ketones is 1. The van der Waals surface area contributed by atoms with Crippen LogP contribution in [0.25, 0.3) is 0 Å². The number of carbonyl (C=O) groups excluding carboxylic acids is 3. The molecule has 0 spiro atoms. The number of benzene rings is 1. The van der Waals surface area contributed by atoms with Gasteiger partial charge in [0, 0.05) is 19.3 Å². The summed E-state index contributed by atoms with van der Waals surface area (Å²) in [6.07, 6.45) is 10.8. The third-order valence-electron chi connectivity index (χ3n) is 11.9. The van der Waals surface area contributed by atoms with E-state index in [9.17, 15) is 14.4 Å². The predicted molar refractivity (Wildman–Crippen MR) is 160 cm³/mol. The molecule has 1 aromatic carbocycles. The van der Waals surface area contributed by atoms with Crippen LogP contribution in [0.15, 0.2) is 42.0 Å². The first-order chi connectivity index (χ1) is 19.4. The average Bonchev–Trinajstić information content (AvgIpc) is 3.28. The number of hydrogen-bond acceptors (Lipinski definition) is 5. The molecule has 9 atom stereocenters. The second-order valence-corrected chi connectivity index (χ2v) is 14.5. The van der Waals surface area contributed by atoms with Crippen LogP contribution in [-0.2, 0) is 19.1 Å². The number of ether oxygens (including phenoxy) is 2. The molecule has 0 radical (unpaired) electrons. The van der Waals surface area contributed by atoms with Crippen LogP contribution >= 0.6 is 0 Å². The van der Waals surface area contributed by atoms with Gasteiger partial charge in [0.25, 0.3) is 0 Å². The van der Waals surface area contributed by atoms with Gasteiger partial charge in [-0.2, -0.15) is 0 Å². The minimum absolute atomic E-state index is 0.0351. The van der Waals surface area contributed by atoms with Crippen molar-refractivity contribution in [2.75, 3.05) is 0 Å². The lowest BCUT2D eigenvalue weighted by molar-refractivity contribution is -0.149. The second kappa shape index (κ2) is 11.7. The highest BCUT2D eigenvalue weighted by atomic mass is 16.5. The molecule has 0 unspecified atom stereocenters. The summed E-state index contributed by atoms with van der Waals surface area (Å²) in [5, 5.41) is 0. The Bertz CT molecular complexity index is 1170. The summed E-state index contributed by atoms with van der Waals surface area (Å²) in [4.78, 5) is 38.1. The van der Waals surface area contributed by atoms with Crippen molar-refractivity contribution in [3.8, 4) is 0 Å². The predicted octanol–water partition coefficient (Wildman–Crippen LogP) is 7.97. The number of rotatable bonds is 8. The van der Waals surface area contributed by atoms with Gasteiger partial charge in [-0.05, 0) is 110 Å². The normalized spacial score (nSPS) is 35.9. The van der Waals surface area contributed by atoms with E-state index < -0.39 is 0 Å². The minimum Gasteiger partial charge on any atom is -0.462 e. The van der Waals surface area contributed by atoms with E-state index in [1.807, 2.05) is 36.4 Å². The topological polar surface area (TPSA) is 69.7 Å². The van der Waals surface area contributed by atoms with Gasteiger partial charge in [-0.15, -0.1) is 0 Å². The van der Waals surface area contributed by atoms with E-state index >= 15 is 0 Å². The lowest BCUT2D eigenvalue weighted by Crippen LogP contribution is -2.53. The van der Waals surface area contributed by atoms with Crippen molar-refractivity contribution in [3.63, 3.8) is 0 Å². The molecule has 0 N–H and O–H groups in total. The van der Waals surface area contributed by atoms with Gasteiger partial charge in [0.1, 0.15) is 12.2 Å². The van der Waals surface area contributed by atoms with Gasteiger partial charge >= 0.3 is 11.9 Å². The first-order valence-electron chi connectivity index (χ1n) is 16.1. The Labute approximate surface area is 246 Å². The van der Waals surface area contributed by atoms with Crippen LogP contribution in [0.1, 0.15) is 110 Å². The van der Waals surface area contributed by atoms with E-state index in [1.54, 1.807) is 0 Å². The van der Waals surface area contributed by atoms with Gasteiger partial charge in [0.2, 0.25) is 0 Å². The van der Waals surface area contributed by atoms with E-state index in [2.05, 4.69) is 34.6 Å². The smallest absolute Gasteiger partial charge is 0.338 e. The first kappa shape index (κ1) is 30.0. The Kier molecular flexibility index (Phi) is 8.56. The molecule has 5 rings (SSSR count). The molecule has 0 bridgehead atoms. The summed E-state index contributed by atoms with van der Waals surface area (Å²) >= 11 is 0. The van der Waals surface area contributed by atoms with Crippen LogP contribution in [0.4, 0.5) is 0 Å². The molecule has 3 saturated carbocycles. The maximum absolute atomic E-state index is 13.8. The Morgan fingerprint density at radius 1 is 0.951 bits per heavy atom. The van der Waals surface area contributed by atoms with E-state index in [1.165, 1.54) is 25.3 Å². The Balaban J connectivity index is 1.26. The third kappa shape index (κ3) is 5.67. The van der Waals surface area contributed by atoms with Crippen molar-refractivity contribution < 1.29 is 23.9 Å². The molecule has 5 heteroatoms. The number of hydrogen-bond donors (Lipinski definition) is 0. The molecule has 41 heavy (non-hydrogen) atoms.